The largest absolute Gasteiger partial charge is 0.497 e. The van der Waals surface area contributed by atoms with Gasteiger partial charge in [0.1, 0.15) is 11.4 Å². The maximum Gasteiger partial charge on any atom is 0.196 e. The van der Waals surface area contributed by atoms with E-state index in [9.17, 15) is 4.79 Å². The van der Waals surface area contributed by atoms with Crippen LogP contribution in [-0.4, -0.2) is 27.8 Å². The third-order valence-corrected chi connectivity index (χ3v) is 4.44. The number of rotatable bonds is 4. The third kappa shape index (κ3) is 2.73. The molecule has 5 nitrogen and oxygen atoms in total. The Morgan fingerprint density at radius 2 is 2.04 bits per heavy atom. The van der Waals surface area contributed by atoms with Crippen LogP contribution in [0.15, 0.2) is 61.2 Å². The van der Waals surface area contributed by atoms with Crippen LogP contribution in [0.1, 0.15) is 21.5 Å². The molecular weight excluding hydrogens is 326 g/mol. The van der Waals surface area contributed by atoms with Crippen LogP contribution in [0.4, 0.5) is 0 Å². The number of ether oxygens (including phenoxy) is 1. The summed E-state index contributed by atoms with van der Waals surface area (Å²) in [5.41, 5.74) is 4.93. The fraction of sp³-hybridized carbons (Fsp3) is 0.0952. The predicted octanol–water partition coefficient (Wildman–Crippen LogP) is 4.17. The molecule has 4 aromatic rings. The second-order valence-electron chi connectivity index (χ2n) is 6.07. The number of benzene rings is 1. The summed E-state index contributed by atoms with van der Waals surface area (Å²) in [4.78, 5) is 24.4. The Morgan fingerprint density at radius 1 is 1.15 bits per heavy atom. The highest BCUT2D eigenvalue weighted by molar-refractivity contribution is 6.16. The van der Waals surface area contributed by atoms with Crippen LogP contribution in [0.5, 0.6) is 5.75 Å². The first-order valence-corrected chi connectivity index (χ1v) is 8.24. The normalized spacial score (nSPS) is 10.8. The smallest absolute Gasteiger partial charge is 0.196 e. The van der Waals surface area contributed by atoms with Crippen molar-refractivity contribution in [2.75, 3.05) is 7.11 Å². The van der Waals surface area contributed by atoms with Crippen molar-refractivity contribution in [2.45, 2.75) is 6.92 Å². The number of hydrogen-bond acceptors (Lipinski definition) is 4. The van der Waals surface area contributed by atoms with Crippen molar-refractivity contribution in [3.8, 4) is 16.9 Å². The van der Waals surface area contributed by atoms with Crippen LogP contribution < -0.4 is 4.74 Å². The number of carbonyl (C=O) groups excluding carboxylic acids is 1. The van der Waals surface area contributed by atoms with Gasteiger partial charge in [-0.2, -0.15) is 0 Å². The maximum atomic E-state index is 12.8. The second kappa shape index (κ2) is 6.44. The van der Waals surface area contributed by atoms with Gasteiger partial charge < -0.3 is 9.72 Å². The molecule has 5 heteroatoms. The number of fused-ring (bicyclic) bond motifs is 1. The van der Waals surface area contributed by atoms with Crippen molar-refractivity contribution in [1.29, 1.82) is 0 Å². The summed E-state index contributed by atoms with van der Waals surface area (Å²) in [5, 5.41) is 0.798. The number of aromatic nitrogens is 3. The van der Waals surface area contributed by atoms with E-state index in [1.165, 1.54) is 0 Å². The minimum absolute atomic E-state index is 0.0743. The Labute approximate surface area is 150 Å². The van der Waals surface area contributed by atoms with E-state index in [-0.39, 0.29) is 5.78 Å². The molecule has 0 radical (unpaired) electrons. The Bertz CT molecular complexity index is 1100. The molecular formula is C21H17N3O2. The van der Waals surface area contributed by atoms with Crippen molar-refractivity contribution in [2.24, 2.45) is 0 Å². The average Bonchev–Trinajstić information content (AvgIpc) is 3.11. The van der Waals surface area contributed by atoms with Crippen LogP contribution in [-0.2, 0) is 0 Å². The number of nitrogens with one attached hydrogen (secondary N) is 1. The molecule has 26 heavy (non-hydrogen) atoms. The fourth-order valence-corrected chi connectivity index (χ4v) is 3.08. The van der Waals surface area contributed by atoms with E-state index in [0.717, 1.165) is 27.8 Å². The molecule has 0 aliphatic carbocycles. The number of ketones is 1. The zero-order chi connectivity index (χ0) is 18.1. The lowest BCUT2D eigenvalue weighted by atomic mass is 9.99. The van der Waals surface area contributed by atoms with E-state index >= 15 is 0 Å². The highest BCUT2D eigenvalue weighted by Gasteiger charge is 2.16. The van der Waals surface area contributed by atoms with Crippen LogP contribution >= 0.6 is 0 Å². The van der Waals surface area contributed by atoms with Crippen molar-refractivity contribution in [3.63, 3.8) is 0 Å². The summed E-state index contributed by atoms with van der Waals surface area (Å²) < 4.78 is 5.27. The lowest BCUT2D eigenvalue weighted by Gasteiger charge is -2.08. The molecule has 0 amide bonds. The van der Waals surface area contributed by atoms with E-state index in [2.05, 4.69) is 15.0 Å². The molecule has 128 valence electrons. The molecule has 0 fully saturated rings. The zero-order valence-electron chi connectivity index (χ0n) is 14.5. The van der Waals surface area contributed by atoms with Crippen LogP contribution in [0.3, 0.4) is 0 Å². The number of H-pyrrole nitrogens is 1. The van der Waals surface area contributed by atoms with Crippen molar-refractivity contribution < 1.29 is 9.53 Å². The summed E-state index contributed by atoms with van der Waals surface area (Å²) in [7, 11) is 1.65. The van der Waals surface area contributed by atoms with E-state index in [0.29, 0.717) is 16.8 Å². The van der Waals surface area contributed by atoms with Gasteiger partial charge in [-0.1, -0.05) is 6.07 Å². The van der Waals surface area contributed by atoms with Gasteiger partial charge in [-0.25, -0.2) is 4.98 Å². The summed E-state index contributed by atoms with van der Waals surface area (Å²) in [6.45, 7) is 2.03. The summed E-state index contributed by atoms with van der Waals surface area (Å²) in [6.07, 6.45) is 6.74. The maximum absolute atomic E-state index is 12.8. The third-order valence-electron chi connectivity index (χ3n) is 4.44. The Kier molecular flexibility index (Phi) is 3.97. The first kappa shape index (κ1) is 16.0. The van der Waals surface area contributed by atoms with Crippen LogP contribution in [0.25, 0.3) is 22.2 Å². The minimum atomic E-state index is -0.0743. The number of nitrogens with zero attached hydrogens (tertiary/aromatic N) is 2. The minimum Gasteiger partial charge on any atom is -0.497 e. The molecule has 0 atom stereocenters. The number of hydrogen-bond donors (Lipinski definition) is 1. The number of pyridine rings is 2. The fourth-order valence-electron chi connectivity index (χ4n) is 3.08. The van der Waals surface area contributed by atoms with Crippen molar-refractivity contribution >= 4 is 16.8 Å². The van der Waals surface area contributed by atoms with Crippen LogP contribution in [0.2, 0.25) is 0 Å². The molecule has 0 aliphatic heterocycles. The van der Waals surface area contributed by atoms with E-state index in [1.54, 1.807) is 37.8 Å². The van der Waals surface area contributed by atoms with Gasteiger partial charge in [-0.15, -0.1) is 0 Å². The zero-order valence-corrected chi connectivity index (χ0v) is 14.5. The summed E-state index contributed by atoms with van der Waals surface area (Å²) >= 11 is 0. The summed E-state index contributed by atoms with van der Waals surface area (Å²) in [6, 6.07) is 11.4. The van der Waals surface area contributed by atoms with Gasteiger partial charge >= 0.3 is 0 Å². The monoisotopic (exact) mass is 343 g/mol. The molecule has 0 bridgehead atoms. The van der Waals surface area contributed by atoms with E-state index in [4.69, 9.17) is 4.74 Å². The number of aromatic amines is 1. The van der Waals surface area contributed by atoms with Gasteiger partial charge in [0.05, 0.1) is 7.11 Å². The predicted molar refractivity (Wildman–Crippen MR) is 100 cm³/mol. The highest BCUT2D eigenvalue weighted by Crippen LogP contribution is 2.30. The molecule has 0 saturated heterocycles. The van der Waals surface area contributed by atoms with E-state index < -0.39 is 0 Å². The van der Waals surface area contributed by atoms with E-state index in [1.807, 2.05) is 37.4 Å². The quantitative estimate of drug-likeness (QED) is 0.565. The highest BCUT2D eigenvalue weighted by atomic mass is 16.5. The topological polar surface area (TPSA) is 67.9 Å². The van der Waals surface area contributed by atoms with Gasteiger partial charge in [0.2, 0.25) is 0 Å². The van der Waals surface area contributed by atoms with Crippen LogP contribution in [0, 0.1) is 6.92 Å². The molecule has 0 unspecified atom stereocenters. The van der Waals surface area contributed by atoms with Gasteiger partial charge in [-0.3, -0.25) is 9.78 Å². The van der Waals surface area contributed by atoms with Crippen molar-refractivity contribution in [1.82, 2.24) is 15.0 Å². The van der Waals surface area contributed by atoms with Gasteiger partial charge in [0, 0.05) is 46.9 Å². The van der Waals surface area contributed by atoms with Gasteiger partial charge in [0.15, 0.2) is 5.78 Å². The molecule has 1 aromatic carbocycles. The molecule has 4 rings (SSSR count). The Morgan fingerprint density at radius 3 is 2.77 bits per heavy atom. The number of methoxy groups -OCH3 is 1. The van der Waals surface area contributed by atoms with Crippen molar-refractivity contribution in [3.05, 3.63) is 77.9 Å². The Balaban J connectivity index is 1.81. The summed E-state index contributed by atoms with van der Waals surface area (Å²) in [5.74, 6) is 0.740. The standard InChI is InChI=1S/C21H17N3O2/c1-13-8-16(26-2)5-6-17(13)15-9-18-19(12-24-21(18)23-11-15)20(25)14-4-3-7-22-10-14/h3-12H,1-2H3,(H,23,24). The molecule has 1 N–H and O–H groups in total. The first-order chi connectivity index (χ1) is 12.7. The molecule has 0 saturated carbocycles. The number of carbonyl (C=O) groups is 1. The van der Waals surface area contributed by atoms with Gasteiger partial charge in [-0.05, 0) is 48.4 Å². The average molecular weight is 343 g/mol. The van der Waals surface area contributed by atoms with Gasteiger partial charge in [0.25, 0.3) is 0 Å². The molecule has 3 aromatic heterocycles. The SMILES string of the molecule is COc1ccc(-c2cnc3[nH]cc(C(=O)c4cccnc4)c3c2)c(C)c1. The lowest BCUT2D eigenvalue weighted by Crippen LogP contribution is -2.00. The Hall–Kier alpha value is -3.47. The lowest BCUT2D eigenvalue weighted by molar-refractivity contribution is 0.104. The molecule has 3 heterocycles. The molecule has 0 spiro atoms. The second-order valence-corrected chi connectivity index (χ2v) is 6.07. The number of aryl methyl sites for hydroxylation is 1. The first-order valence-electron chi connectivity index (χ1n) is 8.24. The molecule has 0 aliphatic rings.